The van der Waals surface area contributed by atoms with Crippen LogP contribution in [0.1, 0.15) is 0 Å². The van der Waals surface area contributed by atoms with Crippen LogP contribution in [0.25, 0.3) is 187 Å². The molecule has 17 aromatic carbocycles. The van der Waals surface area contributed by atoms with Gasteiger partial charge in [-0.05, 0) is 248 Å². The molecule has 0 aliphatic heterocycles. The average molecular weight is 1140 g/mol. The minimum absolute atomic E-state index is 1.22. The molecule has 2 aliphatic rings. The fraction of sp³-hybridized carbons (Fsp3) is 0. The van der Waals surface area contributed by atoms with Gasteiger partial charge in [-0.25, -0.2) is 0 Å². The van der Waals surface area contributed by atoms with E-state index in [1.165, 1.54) is 187 Å². The van der Waals surface area contributed by atoms with Gasteiger partial charge in [0, 0.05) is 0 Å². The van der Waals surface area contributed by atoms with Crippen molar-refractivity contribution in [1.29, 1.82) is 0 Å². The largest absolute Gasteiger partial charge is 0.0622 e. The van der Waals surface area contributed by atoms with Gasteiger partial charge in [0.2, 0.25) is 0 Å². The first kappa shape index (κ1) is 51.5. The molecule has 0 aromatic heterocycles. The van der Waals surface area contributed by atoms with Gasteiger partial charge in [0.1, 0.15) is 0 Å². The highest BCUT2D eigenvalue weighted by Crippen LogP contribution is 2.53. The molecule has 0 unspecified atom stereocenters. The van der Waals surface area contributed by atoms with Crippen molar-refractivity contribution >= 4 is 64.6 Å². The third kappa shape index (κ3) is 8.60. The molecule has 0 bridgehead atoms. The molecule has 0 N–H and O–H groups in total. The fourth-order valence-corrected chi connectivity index (χ4v) is 14.9. The summed E-state index contributed by atoms with van der Waals surface area (Å²) in [5, 5.41) is 15.5. The molecule has 90 heavy (non-hydrogen) atoms. The minimum Gasteiger partial charge on any atom is -0.0622 e. The molecule has 0 heterocycles. The monoisotopic (exact) mass is 1140 g/mol. The van der Waals surface area contributed by atoms with Gasteiger partial charge in [0.05, 0.1) is 0 Å². The smallest absolute Gasteiger partial charge is 0.00201 e. The molecule has 19 rings (SSSR count). The van der Waals surface area contributed by atoms with E-state index in [9.17, 15) is 0 Å². The van der Waals surface area contributed by atoms with Crippen molar-refractivity contribution in [3.63, 3.8) is 0 Å². The number of fused-ring (bicyclic) bond motifs is 10. The Morgan fingerprint density at radius 3 is 0.967 bits per heavy atom. The predicted molar refractivity (Wildman–Crippen MR) is 385 cm³/mol. The summed E-state index contributed by atoms with van der Waals surface area (Å²) in [5.74, 6) is 0. The first-order valence-electron chi connectivity index (χ1n) is 31.3. The van der Waals surface area contributed by atoms with Crippen LogP contribution in [0.5, 0.6) is 0 Å². The zero-order valence-electron chi connectivity index (χ0n) is 49.3. The lowest BCUT2D eigenvalue weighted by Crippen LogP contribution is -1.88. The zero-order chi connectivity index (χ0) is 59.2. The van der Waals surface area contributed by atoms with Crippen molar-refractivity contribution in [3.05, 3.63) is 340 Å². The van der Waals surface area contributed by atoms with E-state index in [1.807, 2.05) is 0 Å². The Morgan fingerprint density at radius 1 is 0.111 bits per heavy atom. The second-order valence-electron chi connectivity index (χ2n) is 24.2. The summed E-state index contributed by atoms with van der Waals surface area (Å²) in [7, 11) is 0. The van der Waals surface area contributed by atoms with E-state index in [0.717, 1.165) is 0 Å². The summed E-state index contributed by atoms with van der Waals surface area (Å²) < 4.78 is 0. The quantitative estimate of drug-likeness (QED) is 0.149. The Morgan fingerprint density at radius 2 is 0.433 bits per heavy atom. The second kappa shape index (κ2) is 21.0. The Hall–Kier alpha value is -11.7. The highest BCUT2D eigenvalue weighted by Gasteiger charge is 2.26. The van der Waals surface area contributed by atoms with E-state index in [2.05, 4.69) is 340 Å². The van der Waals surface area contributed by atoms with Crippen LogP contribution in [0, 0.1) is 0 Å². The molecule has 2 aliphatic carbocycles. The maximum atomic E-state index is 2.40. The Kier molecular flexibility index (Phi) is 12.0. The van der Waals surface area contributed by atoms with Crippen LogP contribution < -0.4 is 0 Å². The number of rotatable bonds is 7. The topological polar surface area (TPSA) is 0 Å². The van der Waals surface area contributed by atoms with Gasteiger partial charge in [-0.3, -0.25) is 0 Å². The third-order valence-corrected chi connectivity index (χ3v) is 19.1. The summed E-state index contributed by atoms with van der Waals surface area (Å²) in [4.78, 5) is 0. The second-order valence-corrected chi connectivity index (χ2v) is 24.2. The molecule has 17 aromatic rings. The van der Waals surface area contributed by atoms with E-state index in [0.29, 0.717) is 0 Å². The maximum absolute atomic E-state index is 2.40. The number of hydrogen-bond acceptors (Lipinski definition) is 0. The van der Waals surface area contributed by atoms with E-state index < -0.39 is 0 Å². The molecule has 0 fully saturated rings. The summed E-state index contributed by atoms with van der Waals surface area (Å²) in [6.07, 6.45) is 0. The molecule has 0 heteroatoms. The Bertz CT molecular complexity index is 5660. The van der Waals surface area contributed by atoms with Crippen LogP contribution in [-0.4, -0.2) is 0 Å². The molecular formula is C90H56. The van der Waals surface area contributed by atoms with Gasteiger partial charge >= 0.3 is 0 Å². The van der Waals surface area contributed by atoms with Crippen LogP contribution in [-0.2, 0) is 0 Å². The molecule has 0 amide bonds. The average Bonchev–Trinajstić information content (AvgIpc) is 1.63. The zero-order valence-corrected chi connectivity index (χ0v) is 49.3. The summed E-state index contributed by atoms with van der Waals surface area (Å²) in [6.45, 7) is 0. The lowest BCUT2D eigenvalue weighted by Gasteiger charge is -2.15. The molecule has 0 nitrogen and oxygen atoms in total. The van der Waals surface area contributed by atoms with Crippen molar-refractivity contribution in [2.24, 2.45) is 0 Å². The van der Waals surface area contributed by atoms with Crippen molar-refractivity contribution in [2.75, 3.05) is 0 Å². The SMILES string of the molecule is c1ccc(-c2ccc3c(-c4cccc(-c5ccc6c7c(cccc57)-c5cc7ccccc7cc5-6)c4)cccc3c2)cc1.c1ccc(-c2cccc(-c3cc(-c4ccccc4)c4ccc(-c5ccc6c7c(cccc57)-c5cc7ccccc7cc5-6)cc4c3)c2)cc1. The molecule has 0 spiro atoms. The van der Waals surface area contributed by atoms with Crippen molar-refractivity contribution in [1.82, 2.24) is 0 Å². The Labute approximate surface area is 523 Å². The number of benzene rings is 17. The lowest BCUT2D eigenvalue weighted by atomic mass is 9.89. The molecule has 0 radical (unpaired) electrons. The molecule has 0 saturated carbocycles. The van der Waals surface area contributed by atoms with Crippen LogP contribution in [0.2, 0.25) is 0 Å². The Balaban J connectivity index is 0.000000135. The van der Waals surface area contributed by atoms with Crippen molar-refractivity contribution in [3.8, 4) is 122 Å². The summed E-state index contributed by atoms with van der Waals surface area (Å²) >= 11 is 0. The van der Waals surface area contributed by atoms with Crippen LogP contribution in [0.4, 0.5) is 0 Å². The van der Waals surface area contributed by atoms with Gasteiger partial charge < -0.3 is 0 Å². The van der Waals surface area contributed by atoms with E-state index in [4.69, 9.17) is 0 Å². The summed E-state index contributed by atoms with van der Waals surface area (Å²) in [5.41, 5.74) is 28.1. The summed E-state index contributed by atoms with van der Waals surface area (Å²) in [6, 6.07) is 125. The standard InChI is InChI=1S/C48H30.C42H26/c1-3-11-31(12-4-1)33-17-9-18-34(25-33)38-27-39-26-37(21-22-41(39)45(30-38)32-13-5-2-6-14-32)40-23-24-44-47-29-36-16-8-7-15-35(36)28-46(47)43-20-10-19-42(40)48(43)44;1-2-9-27(10-3-1)30-19-20-35-31(23-30)15-7-16-34(35)32-13-6-14-33(24-32)36-21-22-39-41-26-29-12-5-4-11-28(29)25-40(41)38-18-8-17-37(36)42(38)39/h1-30H;1-26H. The van der Waals surface area contributed by atoms with E-state index >= 15 is 0 Å². The van der Waals surface area contributed by atoms with Gasteiger partial charge in [0.25, 0.3) is 0 Å². The van der Waals surface area contributed by atoms with Crippen LogP contribution in [0.3, 0.4) is 0 Å². The maximum Gasteiger partial charge on any atom is -0.00201 e. The van der Waals surface area contributed by atoms with Gasteiger partial charge in [-0.2, -0.15) is 0 Å². The highest BCUT2D eigenvalue weighted by atomic mass is 14.3. The first-order valence-corrected chi connectivity index (χ1v) is 31.3. The van der Waals surface area contributed by atoms with Gasteiger partial charge in [0.15, 0.2) is 0 Å². The van der Waals surface area contributed by atoms with Crippen molar-refractivity contribution in [2.45, 2.75) is 0 Å². The molecule has 0 saturated heterocycles. The number of hydrogen-bond donors (Lipinski definition) is 0. The highest BCUT2D eigenvalue weighted by molar-refractivity contribution is 6.22. The molecule has 0 atom stereocenters. The third-order valence-electron chi connectivity index (χ3n) is 19.1. The molecular weight excluding hydrogens is 1080 g/mol. The predicted octanol–water partition coefficient (Wildman–Crippen LogP) is 25.3. The lowest BCUT2D eigenvalue weighted by molar-refractivity contribution is 1.59. The fourth-order valence-electron chi connectivity index (χ4n) is 14.9. The van der Waals surface area contributed by atoms with Crippen LogP contribution in [0.15, 0.2) is 340 Å². The minimum atomic E-state index is 1.22. The van der Waals surface area contributed by atoms with Gasteiger partial charge in [-0.1, -0.05) is 279 Å². The molecule has 416 valence electrons. The van der Waals surface area contributed by atoms with Crippen molar-refractivity contribution < 1.29 is 0 Å². The van der Waals surface area contributed by atoms with E-state index in [1.54, 1.807) is 0 Å². The normalized spacial score (nSPS) is 11.8. The first-order chi connectivity index (χ1) is 44.6. The van der Waals surface area contributed by atoms with Crippen LogP contribution >= 0.6 is 0 Å². The van der Waals surface area contributed by atoms with Gasteiger partial charge in [-0.15, -0.1) is 0 Å². The van der Waals surface area contributed by atoms with E-state index in [-0.39, 0.29) is 0 Å².